The Morgan fingerprint density at radius 3 is 2.31 bits per heavy atom. The molecule has 0 unspecified atom stereocenters. The lowest BCUT2D eigenvalue weighted by Crippen LogP contribution is -2.50. The van der Waals surface area contributed by atoms with Crippen LogP contribution in [-0.4, -0.2) is 15.7 Å². The summed E-state index contributed by atoms with van der Waals surface area (Å²) in [5, 5.41) is 1.29. The van der Waals surface area contributed by atoms with E-state index in [4.69, 9.17) is 0 Å². The lowest BCUT2D eigenvalue weighted by atomic mass is 9.88. The lowest BCUT2D eigenvalue weighted by Gasteiger charge is -2.40. The van der Waals surface area contributed by atoms with Crippen molar-refractivity contribution in [2.45, 2.75) is 59.3 Å². The molecule has 0 radical (unpaired) electrons. The van der Waals surface area contributed by atoms with Crippen LogP contribution < -0.4 is 9.58 Å². The highest BCUT2D eigenvalue weighted by atomic mass is 15.5. The van der Waals surface area contributed by atoms with E-state index in [1.54, 1.807) is 0 Å². The van der Waals surface area contributed by atoms with Gasteiger partial charge in [0.15, 0.2) is 6.17 Å². The molecule has 0 spiro atoms. The van der Waals surface area contributed by atoms with Crippen molar-refractivity contribution in [2.24, 2.45) is 7.05 Å². The van der Waals surface area contributed by atoms with Crippen LogP contribution in [-0.2, 0) is 12.6 Å². The van der Waals surface area contributed by atoms with Crippen LogP contribution in [0.4, 0.5) is 5.82 Å². The van der Waals surface area contributed by atoms with Gasteiger partial charge in [0.05, 0.1) is 22.5 Å². The summed E-state index contributed by atoms with van der Waals surface area (Å²) in [4.78, 5) is 4.87. The fraction of sp³-hybridized carbons (Fsp3) is 0.400. The molecule has 1 aliphatic rings. The van der Waals surface area contributed by atoms with E-state index in [1.165, 1.54) is 27.8 Å². The average molecular weight is 390 g/mol. The van der Waals surface area contributed by atoms with Crippen LogP contribution in [0.2, 0.25) is 0 Å². The number of hydrogen-bond donors (Lipinski definition) is 0. The summed E-state index contributed by atoms with van der Waals surface area (Å²) in [6.45, 7) is 13.6. The maximum Gasteiger partial charge on any atom is 0.311 e. The zero-order chi connectivity index (χ0) is 20.9. The van der Waals surface area contributed by atoms with Crippen molar-refractivity contribution in [3.8, 4) is 0 Å². The van der Waals surface area contributed by atoms with Gasteiger partial charge in [0.1, 0.15) is 13.2 Å². The van der Waals surface area contributed by atoms with Gasteiger partial charge in [0.25, 0.3) is 0 Å². The molecule has 2 heterocycles. The van der Waals surface area contributed by atoms with Gasteiger partial charge in [0, 0.05) is 6.20 Å². The normalized spacial score (nSPS) is 17.2. The first-order valence-electron chi connectivity index (χ1n) is 10.6. The third-order valence-corrected chi connectivity index (χ3v) is 6.40. The second-order valence-electron chi connectivity index (χ2n) is 8.92. The number of benzene rings is 2. The first-order valence-corrected chi connectivity index (χ1v) is 10.6. The summed E-state index contributed by atoms with van der Waals surface area (Å²) >= 11 is 0. The van der Waals surface area contributed by atoms with Gasteiger partial charge in [-0.15, -0.1) is 0 Å². The van der Waals surface area contributed by atoms with Crippen molar-refractivity contribution >= 4 is 16.7 Å². The Morgan fingerprint density at radius 2 is 1.62 bits per heavy atom. The molecule has 1 aromatic heterocycles. The Kier molecular flexibility index (Phi) is 4.68. The van der Waals surface area contributed by atoms with Crippen LogP contribution in [0.15, 0.2) is 60.9 Å². The summed E-state index contributed by atoms with van der Waals surface area (Å²) in [5.41, 5.74) is 3.87. The van der Waals surface area contributed by atoms with Gasteiger partial charge in [-0.1, -0.05) is 36.4 Å². The molecule has 0 N–H and O–H groups in total. The smallest absolute Gasteiger partial charge is 0.311 e. The van der Waals surface area contributed by atoms with E-state index in [0.717, 1.165) is 0 Å². The largest absolute Gasteiger partial charge is 0.327 e. The van der Waals surface area contributed by atoms with Gasteiger partial charge in [-0.25, -0.2) is 9.58 Å². The zero-order valence-corrected chi connectivity index (χ0v) is 18.7. The summed E-state index contributed by atoms with van der Waals surface area (Å²) < 4.78 is 4.68. The number of rotatable bonds is 4. The average Bonchev–Trinajstić information content (AvgIpc) is 3.18. The molecule has 0 aliphatic carbocycles. The topological polar surface area (TPSA) is 15.3 Å². The molecule has 1 aliphatic heterocycles. The quantitative estimate of drug-likeness (QED) is 0.568. The molecule has 0 bridgehead atoms. The zero-order valence-electron chi connectivity index (χ0n) is 18.7. The minimum absolute atomic E-state index is 0.106. The van der Waals surface area contributed by atoms with Crippen LogP contribution in [0, 0.1) is 6.92 Å². The van der Waals surface area contributed by atoms with Gasteiger partial charge in [-0.3, -0.25) is 0 Å². The minimum Gasteiger partial charge on any atom is -0.327 e. The molecular formula is C25H33N4+. The highest BCUT2D eigenvalue weighted by Crippen LogP contribution is 2.38. The van der Waals surface area contributed by atoms with E-state index in [0.29, 0.717) is 6.04 Å². The van der Waals surface area contributed by atoms with E-state index in [1.807, 2.05) is 0 Å². The highest BCUT2D eigenvalue weighted by Gasteiger charge is 2.42. The summed E-state index contributed by atoms with van der Waals surface area (Å²) in [7, 11) is 2.17. The predicted octanol–water partition coefficient (Wildman–Crippen LogP) is 5.23. The predicted molar refractivity (Wildman–Crippen MR) is 121 cm³/mol. The van der Waals surface area contributed by atoms with Crippen molar-refractivity contribution in [1.82, 2.24) is 9.58 Å². The van der Waals surface area contributed by atoms with E-state index < -0.39 is 0 Å². The van der Waals surface area contributed by atoms with Crippen molar-refractivity contribution < 1.29 is 4.68 Å². The maximum atomic E-state index is 2.47. The van der Waals surface area contributed by atoms with Crippen molar-refractivity contribution in [3.63, 3.8) is 0 Å². The first kappa shape index (κ1) is 19.6. The number of para-hydroxylation sites is 1. The summed E-state index contributed by atoms with van der Waals surface area (Å²) in [6.07, 6.45) is 4.69. The van der Waals surface area contributed by atoms with E-state index >= 15 is 0 Å². The number of aryl methyl sites for hydroxylation is 1. The summed E-state index contributed by atoms with van der Waals surface area (Å²) in [5.74, 6) is 1.24. The molecular weight excluding hydrogens is 356 g/mol. The minimum atomic E-state index is -0.106. The lowest BCUT2D eigenvalue weighted by molar-refractivity contribution is -0.741. The number of anilines is 1. The van der Waals surface area contributed by atoms with Crippen LogP contribution in [0.5, 0.6) is 0 Å². The molecule has 1 atom stereocenters. The molecule has 0 saturated heterocycles. The van der Waals surface area contributed by atoms with Crippen molar-refractivity contribution in [1.29, 1.82) is 0 Å². The second-order valence-corrected chi connectivity index (χ2v) is 8.92. The second kappa shape index (κ2) is 6.94. The van der Waals surface area contributed by atoms with Gasteiger partial charge in [0.2, 0.25) is 0 Å². The van der Waals surface area contributed by atoms with Crippen LogP contribution in [0.25, 0.3) is 10.9 Å². The van der Waals surface area contributed by atoms with Crippen LogP contribution in [0.1, 0.15) is 51.8 Å². The highest BCUT2D eigenvalue weighted by molar-refractivity contribution is 5.89. The van der Waals surface area contributed by atoms with Crippen molar-refractivity contribution in [2.75, 3.05) is 4.90 Å². The Bertz CT molecular complexity index is 1070. The number of aromatic nitrogens is 2. The Hall–Kier alpha value is -2.75. The standard InChI is InChI=1S/C25H33N4/c1-18(2)29-23-15-11-9-13-21(23)24(26(29)7)27-16-17-28(20(27)4)25(5,6)22-14-10-8-12-19(22)3/h8-18,20H,1-7H3/q+1/t20-/m1/s1. The SMILES string of the molecule is Cc1ccccc1C(C)(C)N1C=CN(c2c3ccccc3n(C(C)C)[n+]2C)[C@H]1C. The molecule has 4 nitrogen and oxygen atoms in total. The third kappa shape index (κ3) is 2.93. The molecule has 4 rings (SSSR count). The molecule has 4 heteroatoms. The monoisotopic (exact) mass is 389 g/mol. The van der Waals surface area contributed by atoms with Gasteiger partial charge in [-0.05, 0) is 64.8 Å². The van der Waals surface area contributed by atoms with Crippen LogP contribution >= 0.6 is 0 Å². The maximum absolute atomic E-state index is 2.47. The Morgan fingerprint density at radius 1 is 0.966 bits per heavy atom. The third-order valence-electron chi connectivity index (χ3n) is 6.40. The number of hydrogen-bond acceptors (Lipinski definition) is 2. The molecule has 3 aromatic rings. The Balaban J connectivity index is 1.78. The van der Waals surface area contributed by atoms with Crippen molar-refractivity contribution in [3.05, 3.63) is 72.1 Å². The van der Waals surface area contributed by atoms with Gasteiger partial charge in [-0.2, -0.15) is 4.68 Å². The van der Waals surface area contributed by atoms with Gasteiger partial charge < -0.3 is 4.90 Å². The number of fused-ring (bicyclic) bond motifs is 1. The fourth-order valence-corrected chi connectivity index (χ4v) is 5.06. The molecule has 0 fully saturated rings. The fourth-order valence-electron chi connectivity index (χ4n) is 5.06. The molecule has 2 aromatic carbocycles. The molecule has 0 amide bonds. The molecule has 152 valence electrons. The summed E-state index contributed by atoms with van der Waals surface area (Å²) in [6, 6.07) is 17.8. The van der Waals surface area contributed by atoms with Crippen LogP contribution in [0.3, 0.4) is 0 Å². The van der Waals surface area contributed by atoms with E-state index in [9.17, 15) is 0 Å². The molecule has 29 heavy (non-hydrogen) atoms. The Labute approximate surface area is 174 Å². The van der Waals surface area contributed by atoms with Gasteiger partial charge >= 0.3 is 5.82 Å². The van der Waals surface area contributed by atoms with E-state index in [2.05, 4.69) is 129 Å². The van der Waals surface area contributed by atoms with E-state index in [-0.39, 0.29) is 11.7 Å². The molecule has 0 saturated carbocycles. The number of nitrogens with zero attached hydrogens (tertiary/aromatic N) is 4. The first-order chi connectivity index (χ1) is 13.7.